The molecule has 0 aromatic heterocycles. The summed E-state index contributed by atoms with van der Waals surface area (Å²) < 4.78 is 0.447. The molecule has 4 nitrogen and oxygen atoms in total. The second-order valence-electron chi connectivity index (χ2n) is 3.30. The number of primary amides is 1. The van der Waals surface area contributed by atoms with E-state index in [0.717, 1.165) is 31.9 Å². The Hall–Kier alpha value is -0.810. The molecule has 1 heterocycles. The molecule has 0 spiro atoms. The molecule has 0 unspecified atom stereocenters. The first-order valence-corrected chi connectivity index (χ1v) is 5.74. The van der Waals surface area contributed by atoms with Crippen molar-refractivity contribution in [2.75, 3.05) is 26.2 Å². The van der Waals surface area contributed by atoms with Gasteiger partial charge in [-0.15, -0.1) is 0 Å². The fourth-order valence-electron chi connectivity index (χ4n) is 1.51. The molecule has 0 saturated carbocycles. The Morgan fingerprint density at radius 2 is 2.07 bits per heavy atom. The topological polar surface area (TPSA) is 58.4 Å². The van der Waals surface area contributed by atoms with Gasteiger partial charge in [-0.2, -0.15) is 0 Å². The van der Waals surface area contributed by atoms with Crippen molar-refractivity contribution in [1.29, 1.82) is 0 Å². The summed E-state index contributed by atoms with van der Waals surface area (Å²) in [7, 11) is 0. The number of piperazine rings is 1. The number of carbonyl (C=O) groups excluding carboxylic acids is 1. The highest BCUT2D eigenvalue weighted by Gasteiger charge is 2.16. The monoisotopic (exact) mass is 273 g/mol. The zero-order valence-electron chi connectivity index (χ0n) is 8.79. The van der Waals surface area contributed by atoms with Crippen molar-refractivity contribution >= 4 is 21.8 Å². The first-order chi connectivity index (χ1) is 7.16. The Morgan fingerprint density at radius 1 is 1.47 bits per heavy atom. The SMILES string of the molecule is C/C=C/C(=C(/Br)C(N)=O)N1CCNCC1. The molecule has 3 N–H and O–H groups in total. The van der Waals surface area contributed by atoms with Gasteiger partial charge >= 0.3 is 0 Å². The molecule has 1 aliphatic rings. The lowest BCUT2D eigenvalue weighted by molar-refractivity contribution is -0.113. The fourth-order valence-corrected chi connectivity index (χ4v) is 1.89. The van der Waals surface area contributed by atoms with Crippen molar-refractivity contribution < 1.29 is 4.79 Å². The minimum absolute atomic E-state index is 0.429. The molecule has 1 rings (SSSR count). The fraction of sp³-hybridized carbons (Fsp3) is 0.500. The second-order valence-corrected chi connectivity index (χ2v) is 4.09. The summed E-state index contributed by atoms with van der Waals surface area (Å²) in [6.07, 6.45) is 3.81. The summed E-state index contributed by atoms with van der Waals surface area (Å²) in [6, 6.07) is 0. The van der Waals surface area contributed by atoms with Crippen LogP contribution in [0.4, 0.5) is 0 Å². The summed E-state index contributed by atoms with van der Waals surface area (Å²) >= 11 is 3.24. The summed E-state index contributed by atoms with van der Waals surface area (Å²) in [6.45, 7) is 5.56. The first kappa shape index (κ1) is 12.3. The van der Waals surface area contributed by atoms with Gasteiger partial charge in [0.25, 0.3) is 5.91 Å². The number of halogens is 1. The van der Waals surface area contributed by atoms with Crippen LogP contribution < -0.4 is 11.1 Å². The van der Waals surface area contributed by atoms with Crippen LogP contribution in [0.1, 0.15) is 6.92 Å². The van der Waals surface area contributed by atoms with E-state index in [2.05, 4.69) is 26.1 Å². The van der Waals surface area contributed by atoms with Gasteiger partial charge in [0.05, 0.1) is 5.70 Å². The average Bonchev–Trinajstić information content (AvgIpc) is 2.26. The Kier molecular flexibility index (Phi) is 4.84. The molecule has 0 aliphatic carbocycles. The number of carbonyl (C=O) groups is 1. The predicted molar refractivity (Wildman–Crippen MR) is 64.4 cm³/mol. The number of allylic oxidation sites excluding steroid dienone is 2. The largest absolute Gasteiger partial charge is 0.368 e. The van der Waals surface area contributed by atoms with Gasteiger partial charge in [0.15, 0.2) is 0 Å². The van der Waals surface area contributed by atoms with Gasteiger partial charge in [0.2, 0.25) is 0 Å². The van der Waals surface area contributed by atoms with Gasteiger partial charge in [-0.3, -0.25) is 4.79 Å². The zero-order valence-corrected chi connectivity index (χ0v) is 10.4. The van der Waals surface area contributed by atoms with Crippen LogP contribution in [-0.4, -0.2) is 37.0 Å². The molecule has 84 valence electrons. The molecular weight excluding hydrogens is 258 g/mol. The van der Waals surface area contributed by atoms with Gasteiger partial charge in [0, 0.05) is 26.2 Å². The molecule has 1 amide bonds. The van der Waals surface area contributed by atoms with Gasteiger partial charge in [0.1, 0.15) is 4.48 Å². The van der Waals surface area contributed by atoms with Crippen molar-refractivity contribution in [3.8, 4) is 0 Å². The lowest BCUT2D eigenvalue weighted by atomic mass is 10.2. The number of hydrogen-bond donors (Lipinski definition) is 2. The first-order valence-electron chi connectivity index (χ1n) is 4.94. The van der Waals surface area contributed by atoms with Crippen molar-refractivity contribution in [3.05, 3.63) is 22.3 Å². The molecule has 1 saturated heterocycles. The average molecular weight is 274 g/mol. The minimum Gasteiger partial charge on any atom is -0.368 e. The molecule has 0 aromatic rings. The highest BCUT2D eigenvalue weighted by atomic mass is 79.9. The lowest BCUT2D eigenvalue weighted by Gasteiger charge is -2.30. The number of nitrogens with two attached hydrogens (primary N) is 1. The molecule has 0 aromatic carbocycles. The molecule has 0 bridgehead atoms. The smallest absolute Gasteiger partial charge is 0.257 e. The minimum atomic E-state index is -0.429. The lowest BCUT2D eigenvalue weighted by Crippen LogP contribution is -2.43. The van der Waals surface area contributed by atoms with Crippen molar-refractivity contribution in [1.82, 2.24) is 10.2 Å². The quantitative estimate of drug-likeness (QED) is 0.584. The van der Waals surface area contributed by atoms with E-state index in [1.165, 1.54) is 0 Å². The van der Waals surface area contributed by atoms with Crippen LogP contribution in [0, 0.1) is 0 Å². The predicted octanol–water partition coefficient (Wildman–Crippen LogP) is 0.560. The third kappa shape index (κ3) is 3.35. The van der Waals surface area contributed by atoms with Gasteiger partial charge in [-0.1, -0.05) is 6.08 Å². The van der Waals surface area contributed by atoms with E-state index in [1.807, 2.05) is 19.1 Å². The number of rotatable bonds is 3. The third-order valence-electron chi connectivity index (χ3n) is 2.22. The van der Waals surface area contributed by atoms with E-state index >= 15 is 0 Å². The Labute approximate surface area is 98.3 Å². The van der Waals surface area contributed by atoms with E-state index < -0.39 is 5.91 Å². The van der Waals surface area contributed by atoms with E-state index in [1.54, 1.807) is 0 Å². The van der Waals surface area contributed by atoms with E-state index in [0.29, 0.717) is 4.48 Å². The van der Waals surface area contributed by atoms with E-state index in [9.17, 15) is 4.79 Å². The molecule has 0 radical (unpaired) electrons. The van der Waals surface area contributed by atoms with Gasteiger partial charge in [-0.25, -0.2) is 0 Å². The molecule has 0 atom stereocenters. The van der Waals surface area contributed by atoms with Crippen LogP contribution in [-0.2, 0) is 4.79 Å². The van der Waals surface area contributed by atoms with Crippen LogP contribution in [0.2, 0.25) is 0 Å². The maximum atomic E-state index is 11.1. The third-order valence-corrected chi connectivity index (χ3v) is 3.02. The normalized spacial score (nSPS) is 19.2. The Morgan fingerprint density at radius 3 is 2.53 bits per heavy atom. The van der Waals surface area contributed by atoms with Crippen LogP contribution >= 0.6 is 15.9 Å². The van der Waals surface area contributed by atoms with E-state index in [4.69, 9.17) is 5.73 Å². The van der Waals surface area contributed by atoms with E-state index in [-0.39, 0.29) is 0 Å². The van der Waals surface area contributed by atoms with Gasteiger partial charge < -0.3 is 16.0 Å². The number of nitrogens with one attached hydrogen (secondary N) is 1. The summed E-state index contributed by atoms with van der Waals surface area (Å²) in [5.74, 6) is -0.429. The number of nitrogens with zero attached hydrogens (tertiary/aromatic N) is 1. The van der Waals surface area contributed by atoms with Crippen LogP contribution in [0.3, 0.4) is 0 Å². The highest BCUT2D eigenvalue weighted by Crippen LogP contribution is 2.17. The molecule has 1 fully saturated rings. The standard InChI is InChI=1S/C10H16BrN3O/c1-2-3-8(9(11)10(12)15)14-6-4-13-5-7-14/h2-3,13H,4-7H2,1H3,(H2,12,15)/b3-2+,9-8-. The van der Waals surface area contributed by atoms with Crippen molar-refractivity contribution in [2.45, 2.75) is 6.92 Å². The Bertz CT molecular complexity index is 293. The Balaban J connectivity index is 2.90. The molecular formula is C10H16BrN3O. The van der Waals surface area contributed by atoms with Crippen LogP contribution in [0.25, 0.3) is 0 Å². The number of hydrogen-bond acceptors (Lipinski definition) is 3. The van der Waals surface area contributed by atoms with Crippen molar-refractivity contribution in [2.24, 2.45) is 5.73 Å². The van der Waals surface area contributed by atoms with Gasteiger partial charge in [-0.05, 0) is 28.9 Å². The maximum absolute atomic E-state index is 11.1. The molecule has 15 heavy (non-hydrogen) atoms. The number of amides is 1. The summed E-state index contributed by atoms with van der Waals surface area (Å²) in [5.41, 5.74) is 6.12. The summed E-state index contributed by atoms with van der Waals surface area (Å²) in [5, 5.41) is 3.26. The molecule has 1 aliphatic heterocycles. The molecule has 5 heteroatoms. The summed E-state index contributed by atoms with van der Waals surface area (Å²) in [4.78, 5) is 13.2. The second kappa shape index (κ2) is 5.92. The van der Waals surface area contributed by atoms with Crippen molar-refractivity contribution in [3.63, 3.8) is 0 Å². The highest BCUT2D eigenvalue weighted by molar-refractivity contribution is 9.12. The van der Waals surface area contributed by atoms with Crippen LogP contribution in [0.15, 0.2) is 22.3 Å². The van der Waals surface area contributed by atoms with Crippen LogP contribution in [0.5, 0.6) is 0 Å². The zero-order chi connectivity index (χ0) is 11.3. The maximum Gasteiger partial charge on any atom is 0.257 e.